The van der Waals surface area contributed by atoms with Crippen LogP contribution in [0.1, 0.15) is 44.0 Å². The third-order valence-corrected chi connectivity index (χ3v) is 6.51. The van der Waals surface area contributed by atoms with Gasteiger partial charge >= 0.3 is 0 Å². The molecule has 2 aliphatic heterocycles. The van der Waals surface area contributed by atoms with Crippen molar-refractivity contribution >= 4 is 24.1 Å². The molecule has 1 aromatic carbocycles. The highest BCUT2D eigenvalue weighted by molar-refractivity contribution is 5.94. The van der Waals surface area contributed by atoms with Crippen molar-refractivity contribution in [3.8, 4) is 11.3 Å². The highest BCUT2D eigenvalue weighted by atomic mass is 35.5. The summed E-state index contributed by atoms with van der Waals surface area (Å²) in [6.07, 6.45) is 5.90. The van der Waals surface area contributed by atoms with Crippen LogP contribution in [0, 0.1) is 5.92 Å². The van der Waals surface area contributed by atoms with E-state index in [1.165, 1.54) is 0 Å². The molecule has 2 saturated heterocycles. The van der Waals surface area contributed by atoms with E-state index >= 15 is 0 Å². The smallest absolute Gasteiger partial charge is 0.253 e. The summed E-state index contributed by atoms with van der Waals surface area (Å²) >= 11 is 0. The summed E-state index contributed by atoms with van der Waals surface area (Å²) in [5, 5.41) is 0. The van der Waals surface area contributed by atoms with Crippen molar-refractivity contribution in [2.45, 2.75) is 39.7 Å². The Bertz CT molecular complexity index is 839. The number of amides is 1. The van der Waals surface area contributed by atoms with E-state index in [-0.39, 0.29) is 18.3 Å². The topological polar surface area (TPSA) is 52.6 Å². The van der Waals surface area contributed by atoms with Crippen molar-refractivity contribution in [3.05, 3.63) is 42.2 Å². The lowest BCUT2D eigenvalue weighted by atomic mass is 9.98. The van der Waals surface area contributed by atoms with Gasteiger partial charge in [0.15, 0.2) is 0 Å². The largest absolute Gasteiger partial charge is 0.353 e. The maximum atomic E-state index is 12.7. The molecule has 7 heteroatoms. The molecule has 0 atom stereocenters. The number of aromatic nitrogens is 2. The second-order valence-electron chi connectivity index (χ2n) is 8.93. The van der Waals surface area contributed by atoms with Crippen LogP contribution >= 0.6 is 12.4 Å². The Balaban J connectivity index is 0.00000272. The molecule has 3 heterocycles. The first-order chi connectivity index (χ1) is 14.5. The van der Waals surface area contributed by atoms with E-state index in [0.717, 1.165) is 80.7 Å². The SMILES string of the molecule is CC1CCN(C(=O)c2ccc(-c3cnc(N4CCN(C(C)C)CC4)cn3)cc2)CC1.Cl. The van der Waals surface area contributed by atoms with Crippen LogP contribution < -0.4 is 4.90 Å². The number of benzene rings is 1. The number of nitrogens with zero attached hydrogens (tertiary/aromatic N) is 5. The first kappa shape index (κ1) is 23.5. The molecule has 2 fully saturated rings. The van der Waals surface area contributed by atoms with Crippen molar-refractivity contribution in [3.63, 3.8) is 0 Å². The maximum Gasteiger partial charge on any atom is 0.253 e. The predicted molar refractivity (Wildman–Crippen MR) is 128 cm³/mol. The van der Waals surface area contributed by atoms with Crippen LogP contribution in [-0.2, 0) is 0 Å². The van der Waals surface area contributed by atoms with Gasteiger partial charge in [-0.1, -0.05) is 19.1 Å². The number of anilines is 1. The number of carbonyl (C=O) groups is 1. The lowest BCUT2D eigenvalue weighted by Crippen LogP contribution is -2.49. The molecule has 0 N–H and O–H groups in total. The molecule has 0 spiro atoms. The van der Waals surface area contributed by atoms with E-state index in [9.17, 15) is 4.79 Å². The van der Waals surface area contributed by atoms with Crippen molar-refractivity contribution in [2.24, 2.45) is 5.92 Å². The number of hydrogen-bond donors (Lipinski definition) is 0. The van der Waals surface area contributed by atoms with Gasteiger partial charge in [0.1, 0.15) is 5.82 Å². The van der Waals surface area contributed by atoms with E-state index in [1.807, 2.05) is 41.6 Å². The van der Waals surface area contributed by atoms with Gasteiger partial charge in [-0.05, 0) is 44.7 Å². The van der Waals surface area contributed by atoms with Crippen molar-refractivity contribution in [1.82, 2.24) is 19.8 Å². The number of rotatable bonds is 4. The van der Waals surface area contributed by atoms with Gasteiger partial charge < -0.3 is 9.80 Å². The third kappa shape index (κ3) is 5.55. The fraction of sp³-hybridized carbons (Fsp3) is 0.542. The number of carbonyl (C=O) groups excluding carboxylic acids is 1. The quantitative estimate of drug-likeness (QED) is 0.715. The van der Waals surface area contributed by atoms with Gasteiger partial charge in [-0.3, -0.25) is 14.7 Å². The van der Waals surface area contributed by atoms with Gasteiger partial charge in [0.25, 0.3) is 5.91 Å². The molecular weight excluding hydrogens is 410 g/mol. The highest BCUT2D eigenvalue weighted by Crippen LogP contribution is 2.22. The molecule has 0 radical (unpaired) electrons. The second kappa shape index (κ2) is 10.4. The third-order valence-electron chi connectivity index (χ3n) is 6.51. The lowest BCUT2D eigenvalue weighted by molar-refractivity contribution is 0.0697. The lowest BCUT2D eigenvalue weighted by Gasteiger charge is -2.37. The summed E-state index contributed by atoms with van der Waals surface area (Å²) in [7, 11) is 0. The van der Waals surface area contributed by atoms with Gasteiger partial charge in [0.2, 0.25) is 0 Å². The summed E-state index contributed by atoms with van der Waals surface area (Å²) in [5.41, 5.74) is 2.58. The second-order valence-corrected chi connectivity index (χ2v) is 8.93. The van der Waals surface area contributed by atoms with Gasteiger partial charge in [-0.15, -0.1) is 12.4 Å². The van der Waals surface area contributed by atoms with Crippen LogP contribution in [0.25, 0.3) is 11.3 Å². The normalized spacial score (nSPS) is 18.2. The summed E-state index contributed by atoms with van der Waals surface area (Å²) < 4.78 is 0. The molecule has 2 aromatic rings. The van der Waals surface area contributed by atoms with Crippen molar-refractivity contribution in [2.75, 3.05) is 44.2 Å². The first-order valence-corrected chi connectivity index (χ1v) is 11.2. The van der Waals surface area contributed by atoms with Crippen LogP contribution in [0.15, 0.2) is 36.7 Å². The van der Waals surface area contributed by atoms with Crippen LogP contribution in [0.3, 0.4) is 0 Å². The zero-order valence-electron chi connectivity index (χ0n) is 18.8. The van der Waals surface area contributed by atoms with E-state index in [4.69, 9.17) is 0 Å². The molecule has 0 bridgehead atoms. The average molecular weight is 444 g/mol. The molecule has 6 nitrogen and oxygen atoms in total. The van der Waals surface area contributed by atoms with Crippen molar-refractivity contribution < 1.29 is 4.79 Å². The van der Waals surface area contributed by atoms with Crippen molar-refractivity contribution in [1.29, 1.82) is 0 Å². The fourth-order valence-corrected chi connectivity index (χ4v) is 4.28. The average Bonchev–Trinajstić information content (AvgIpc) is 2.79. The maximum absolute atomic E-state index is 12.7. The zero-order chi connectivity index (χ0) is 21.1. The van der Waals surface area contributed by atoms with Crippen LogP contribution in [0.2, 0.25) is 0 Å². The van der Waals surface area contributed by atoms with E-state index in [0.29, 0.717) is 6.04 Å². The molecular formula is C24H34ClN5O. The van der Waals surface area contributed by atoms with E-state index in [2.05, 4.69) is 40.5 Å². The zero-order valence-corrected chi connectivity index (χ0v) is 19.6. The standard InChI is InChI=1S/C24H33N5O.ClH/c1-18(2)27-12-14-28(15-13-27)23-17-25-22(16-26-23)20-4-6-21(7-5-20)24(30)29-10-8-19(3)9-11-29;/h4-7,16-19H,8-15H2,1-3H3;1H. The Morgan fingerprint density at radius 2 is 1.58 bits per heavy atom. The van der Waals surface area contributed by atoms with E-state index in [1.54, 1.807) is 0 Å². The van der Waals surface area contributed by atoms with Crippen LogP contribution in [-0.4, -0.2) is 71.0 Å². The predicted octanol–water partition coefficient (Wildman–Crippen LogP) is 3.97. The minimum atomic E-state index is 0. The molecule has 0 saturated carbocycles. The Labute approximate surface area is 192 Å². The number of halogens is 1. The van der Waals surface area contributed by atoms with E-state index < -0.39 is 0 Å². The molecule has 31 heavy (non-hydrogen) atoms. The number of piperidine rings is 1. The number of piperazine rings is 1. The minimum absolute atomic E-state index is 0. The minimum Gasteiger partial charge on any atom is -0.353 e. The summed E-state index contributed by atoms with van der Waals surface area (Å²) in [5.74, 6) is 1.79. The summed E-state index contributed by atoms with van der Waals surface area (Å²) in [6.45, 7) is 12.6. The Morgan fingerprint density at radius 3 is 2.13 bits per heavy atom. The Hall–Kier alpha value is -2.18. The highest BCUT2D eigenvalue weighted by Gasteiger charge is 2.22. The molecule has 2 aliphatic rings. The van der Waals surface area contributed by atoms with Gasteiger partial charge in [-0.25, -0.2) is 4.98 Å². The monoisotopic (exact) mass is 443 g/mol. The number of likely N-dealkylation sites (tertiary alicyclic amines) is 1. The molecule has 0 aliphatic carbocycles. The van der Waals surface area contributed by atoms with Crippen LogP contribution in [0.4, 0.5) is 5.82 Å². The molecule has 4 rings (SSSR count). The first-order valence-electron chi connectivity index (χ1n) is 11.2. The summed E-state index contributed by atoms with van der Waals surface area (Å²) in [6, 6.07) is 8.37. The van der Waals surface area contributed by atoms with Crippen LogP contribution in [0.5, 0.6) is 0 Å². The summed E-state index contributed by atoms with van der Waals surface area (Å²) in [4.78, 5) is 28.8. The molecule has 168 valence electrons. The molecule has 1 aromatic heterocycles. The van der Waals surface area contributed by atoms with Gasteiger partial charge in [0.05, 0.1) is 18.1 Å². The molecule has 0 unspecified atom stereocenters. The Morgan fingerprint density at radius 1 is 0.935 bits per heavy atom. The Kier molecular flexibility index (Phi) is 7.89. The van der Waals surface area contributed by atoms with Gasteiger partial charge in [0, 0.05) is 56.4 Å². The molecule has 1 amide bonds. The fourth-order valence-electron chi connectivity index (χ4n) is 4.28. The van der Waals surface area contributed by atoms with Gasteiger partial charge in [-0.2, -0.15) is 0 Å². The number of hydrogen-bond acceptors (Lipinski definition) is 5.